The third-order valence-electron chi connectivity index (χ3n) is 5.46. The van der Waals surface area contributed by atoms with Crippen molar-refractivity contribution in [1.82, 2.24) is 10.6 Å². The van der Waals surface area contributed by atoms with Crippen LogP contribution in [0.2, 0.25) is 0 Å². The summed E-state index contributed by atoms with van der Waals surface area (Å²) in [5.41, 5.74) is 1.14. The van der Waals surface area contributed by atoms with E-state index in [4.69, 9.17) is 0 Å². The average molecular weight is 421 g/mol. The smallest absolute Gasteiger partial charge is 0.251 e. The van der Waals surface area contributed by atoms with Gasteiger partial charge in [0.2, 0.25) is 0 Å². The van der Waals surface area contributed by atoms with Gasteiger partial charge in [-0.2, -0.15) is 0 Å². The zero-order valence-corrected chi connectivity index (χ0v) is 17.1. The third-order valence-corrected chi connectivity index (χ3v) is 7.16. The fourth-order valence-electron chi connectivity index (χ4n) is 4.18. The highest BCUT2D eigenvalue weighted by atomic mass is 35.5. The van der Waals surface area contributed by atoms with Crippen molar-refractivity contribution < 1.29 is 13.2 Å². The van der Waals surface area contributed by atoms with E-state index < -0.39 is 9.84 Å². The van der Waals surface area contributed by atoms with Crippen LogP contribution in [0.25, 0.3) is 0 Å². The number of carbonyl (C=O) groups excluding carboxylic acids is 1. The molecule has 0 spiro atoms. The first-order valence-corrected chi connectivity index (χ1v) is 11.1. The summed E-state index contributed by atoms with van der Waals surface area (Å²) in [6.45, 7) is 0. The van der Waals surface area contributed by atoms with Gasteiger partial charge in [0.25, 0.3) is 5.91 Å². The van der Waals surface area contributed by atoms with Crippen LogP contribution in [-0.2, 0) is 15.6 Å². The molecular weight excluding hydrogens is 396 g/mol. The predicted molar refractivity (Wildman–Crippen MR) is 111 cm³/mol. The van der Waals surface area contributed by atoms with Crippen LogP contribution < -0.4 is 10.6 Å². The second-order valence-corrected chi connectivity index (χ2v) is 9.54. The Morgan fingerprint density at radius 3 is 2.36 bits per heavy atom. The van der Waals surface area contributed by atoms with Crippen molar-refractivity contribution in [3.8, 4) is 0 Å². The van der Waals surface area contributed by atoms with Crippen molar-refractivity contribution in [3.63, 3.8) is 0 Å². The summed E-state index contributed by atoms with van der Waals surface area (Å²) < 4.78 is 25.1. The minimum atomic E-state index is -3.43. The van der Waals surface area contributed by atoms with Crippen molar-refractivity contribution >= 4 is 28.2 Å². The van der Waals surface area contributed by atoms with Crippen LogP contribution in [0.4, 0.5) is 0 Å². The number of benzene rings is 2. The Hall–Kier alpha value is -1.89. The van der Waals surface area contributed by atoms with Crippen LogP contribution in [0.5, 0.6) is 0 Å². The van der Waals surface area contributed by atoms with Gasteiger partial charge in [-0.15, -0.1) is 12.4 Å². The van der Waals surface area contributed by atoms with Gasteiger partial charge in [0.15, 0.2) is 9.84 Å². The number of hydrogen-bond donors (Lipinski definition) is 2. The standard InChI is InChI=1S/C21H24N2O3S.ClH/c24-21(23-19-12-17-9-10-18(13-19)22-17)16-6-4-5-15(11-16)14-27(25,26)20-7-2-1-3-8-20;/h1-8,11,17-19,22H,9-10,12-14H2,(H,23,24);1H. The first kappa shape index (κ1) is 20.8. The molecule has 2 fully saturated rings. The van der Waals surface area contributed by atoms with Gasteiger partial charge in [0.05, 0.1) is 10.6 Å². The van der Waals surface area contributed by atoms with Crippen molar-refractivity contribution in [2.24, 2.45) is 0 Å². The Bertz CT molecular complexity index is 922. The highest BCUT2D eigenvalue weighted by molar-refractivity contribution is 7.90. The molecule has 150 valence electrons. The SMILES string of the molecule is Cl.O=C(NC1CC2CCC(C1)N2)c1cccc(CS(=O)(=O)c2ccccc2)c1. The van der Waals surface area contributed by atoms with E-state index in [0.717, 1.165) is 12.8 Å². The van der Waals surface area contributed by atoms with E-state index in [2.05, 4.69) is 10.6 Å². The van der Waals surface area contributed by atoms with E-state index in [-0.39, 0.29) is 30.1 Å². The van der Waals surface area contributed by atoms with Gasteiger partial charge < -0.3 is 10.6 Å². The number of nitrogens with one attached hydrogen (secondary N) is 2. The van der Waals surface area contributed by atoms with E-state index >= 15 is 0 Å². The first-order chi connectivity index (χ1) is 13.0. The maximum Gasteiger partial charge on any atom is 0.251 e. The number of fused-ring (bicyclic) bond motifs is 2. The molecule has 2 aromatic carbocycles. The number of hydrogen-bond acceptors (Lipinski definition) is 4. The molecule has 5 nitrogen and oxygen atoms in total. The highest BCUT2D eigenvalue weighted by Gasteiger charge is 2.34. The Kier molecular flexibility index (Phi) is 6.43. The Morgan fingerprint density at radius 2 is 1.68 bits per heavy atom. The second-order valence-electron chi connectivity index (χ2n) is 7.55. The largest absolute Gasteiger partial charge is 0.349 e. The summed E-state index contributed by atoms with van der Waals surface area (Å²) in [7, 11) is -3.43. The van der Waals surface area contributed by atoms with Crippen LogP contribution in [0.15, 0.2) is 59.5 Å². The molecule has 28 heavy (non-hydrogen) atoms. The van der Waals surface area contributed by atoms with Crippen LogP contribution in [-0.4, -0.2) is 32.5 Å². The Labute approximate surface area is 172 Å². The molecule has 2 saturated heterocycles. The molecule has 2 unspecified atom stereocenters. The Balaban J connectivity index is 0.00000225. The van der Waals surface area contributed by atoms with E-state index in [1.165, 1.54) is 12.8 Å². The normalized spacial score (nSPS) is 23.6. The molecule has 2 aliphatic rings. The zero-order chi connectivity index (χ0) is 18.9. The molecule has 4 rings (SSSR count). The van der Waals surface area contributed by atoms with Crippen molar-refractivity contribution in [2.45, 2.75) is 54.5 Å². The predicted octanol–water partition coefficient (Wildman–Crippen LogP) is 3.10. The first-order valence-electron chi connectivity index (χ1n) is 9.43. The van der Waals surface area contributed by atoms with Gasteiger partial charge in [0, 0.05) is 23.7 Å². The maximum absolute atomic E-state index is 12.7. The topological polar surface area (TPSA) is 75.3 Å². The number of halogens is 1. The quantitative estimate of drug-likeness (QED) is 0.779. The van der Waals surface area contributed by atoms with Gasteiger partial charge in [-0.05, 0) is 55.5 Å². The summed E-state index contributed by atoms with van der Waals surface area (Å²) >= 11 is 0. The molecule has 2 aliphatic heterocycles. The number of amides is 1. The lowest BCUT2D eigenvalue weighted by atomic mass is 9.99. The Morgan fingerprint density at radius 1 is 1.00 bits per heavy atom. The maximum atomic E-state index is 12.7. The lowest BCUT2D eigenvalue weighted by molar-refractivity contribution is 0.0924. The lowest BCUT2D eigenvalue weighted by Gasteiger charge is -2.29. The van der Waals surface area contributed by atoms with Gasteiger partial charge in [-0.3, -0.25) is 4.79 Å². The fourth-order valence-corrected chi connectivity index (χ4v) is 5.53. The van der Waals surface area contributed by atoms with E-state index in [0.29, 0.717) is 28.1 Å². The number of piperidine rings is 1. The minimum absolute atomic E-state index is 0. The van der Waals surface area contributed by atoms with Crippen LogP contribution >= 0.6 is 12.4 Å². The summed E-state index contributed by atoms with van der Waals surface area (Å²) in [5.74, 6) is -0.240. The molecule has 7 heteroatoms. The molecule has 2 aromatic rings. The third kappa shape index (κ3) is 4.74. The molecule has 0 saturated carbocycles. The lowest BCUT2D eigenvalue weighted by Crippen LogP contribution is -2.48. The van der Waals surface area contributed by atoms with Gasteiger partial charge >= 0.3 is 0 Å². The van der Waals surface area contributed by atoms with Gasteiger partial charge in [0.1, 0.15) is 0 Å². The molecule has 0 aliphatic carbocycles. The highest BCUT2D eigenvalue weighted by Crippen LogP contribution is 2.27. The van der Waals surface area contributed by atoms with Crippen molar-refractivity contribution in [1.29, 1.82) is 0 Å². The summed E-state index contributed by atoms with van der Waals surface area (Å²) in [5, 5.41) is 6.70. The van der Waals surface area contributed by atoms with E-state index in [1.807, 2.05) is 0 Å². The molecule has 1 amide bonds. The van der Waals surface area contributed by atoms with Crippen LogP contribution in [0.3, 0.4) is 0 Å². The number of carbonyl (C=O) groups is 1. The average Bonchev–Trinajstić information content (AvgIpc) is 3.00. The minimum Gasteiger partial charge on any atom is -0.349 e. The van der Waals surface area contributed by atoms with Crippen LogP contribution in [0.1, 0.15) is 41.6 Å². The molecule has 2 N–H and O–H groups in total. The zero-order valence-electron chi connectivity index (χ0n) is 15.5. The van der Waals surface area contributed by atoms with E-state index in [1.54, 1.807) is 54.6 Å². The second kappa shape index (κ2) is 8.64. The van der Waals surface area contributed by atoms with E-state index in [9.17, 15) is 13.2 Å². The molecular formula is C21H25ClN2O3S. The van der Waals surface area contributed by atoms with Gasteiger partial charge in [-0.1, -0.05) is 30.3 Å². The van der Waals surface area contributed by atoms with Crippen molar-refractivity contribution in [2.75, 3.05) is 0 Å². The fraction of sp³-hybridized carbons (Fsp3) is 0.381. The summed E-state index contributed by atoms with van der Waals surface area (Å²) in [6.07, 6.45) is 4.29. The molecule has 0 aromatic heterocycles. The van der Waals surface area contributed by atoms with Crippen LogP contribution in [0, 0.1) is 0 Å². The number of rotatable bonds is 5. The summed E-state index contributed by atoms with van der Waals surface area (Å²) in [6, 6.07) is 16.5. The molecule has 2 bridgehead atoms. The number of sulfone groups is 1. The monoisotopic (exact) mass is 420 g/mol. The van der Waals surface area contributed by atoms with Gasteiger partial charge in [-0.25, -0.2) is 8.42 Å². The molecule has 2 heterocycles. The molecule has 2 atom stereocenters. The van der Waals surface area contributed by atoms with Crippen molar-refractivity contribution in [3.05, 3.63) is 65.7 Å². The molecule has 0 radical (unpaired) electrons. The summed E-state index contributed by atoms with van der Waals surface area (Å²) in [4.78, 5) is 12.9.